The summed E-state index contributed by atoms with van der Waals surface area (Å²) in [5.41, 5.74) is 1.53. The van der Waals surface area contributed by atoms with E-state index in [-0.39, 0.29) is 11.5 Å². The number of hydrogen-bond donors (Lipinski definition) is 1. The maximum absolute atomic E-state index is 11.4. The molecule has 1 fully saturated rings. The van der Waals surface area contributed by atoms with Crippen LogP contribution in [-0.2, 0) is 6.54 Å². The van der Waals surface area contributed by atoms with Crippen molar-refractivity contribution in [2.45, 2.75) is 33.2 Å². The van der Waals surface area contributed by atoms with Crippen molar-refractivity contribution in [3.63, 3.8) is 0 Å². The largest absolute Gasteiger partial charge is 0.507 e. The molecule has 1 atom stereocenters. The van der Waals surface area contributed by atoms with Crippen LogP contribution >= 0.6 is 0 Å². The van der Waals surface area contributed by atoms with Crippen LogP contribution in [0.3, 0.4) is 0 Å². The zero-order valence-electron chi connectivity index (χ0n) is 11.1. The number of rotatable bonds is 3. The number of hydrogen-bond acceptors (Lipinski definition) is 3. The van der Waals surface area contributed by atoms with Crippen LogP contribution in [0.5, 0.6) is 5.75 Å². The number of piperidine rings is 1. The van der Waals surface area contributed by atoms with Crippen LogP contribution in [0.25, 0.3) is 0 Å². The Balaban J connectivity index is 2.09. The molecule has 0 bridgehead atoms. The lowest BCUT2D eigenvalue weighted by molar-refractivity contribution is 0.101. The first-order valence-electron chi connectivity index (χ1n) is 6.61. The summed E-state index contributed by atoms with van der Waals surface area (Å²) in [6.45, 7) is 6.88. The molecule has 1 aliphatic heterocycles. The fourth-order valence-corrected chi connectivity index (χ4v) is 2.65. The van der Waals surface area contributed by atoms with Crippen molar-refractivity contribution in [3.05, 3.63) is 29.3 Å². The second kappa shape index (κ2) is 5.53. The monoisotopic (exact) mass is 247 g/mol. The Bertz CT molecular complexity index is 442. The predicted octanol–water partition coefficient (Wildman–Crippen LogP) is 2.83. The maximum atomic E-state index is 11.4. The van der Waals surface area contributed by atoms with Gasteiger partial charge in [-0.2, -0.15) is 0 Å². The van der Waals surface area contributed by atoms with Crippen molar-refractivity contribution in [3.8, 4) is 5.75 Å². The first-order chi connectivity index (χ1) is 8.56. The molecule has 0 aliphatic carbocycles. The van der Waals surface area contributed by atoms with E-state index in [2.05, 4.69) is 11.8 Å². The summed E-state index contributed by atoms with van der Waals surface area (Å²) >= 11 is 0. The molecule has 0 saturated carbocycles. The van der Waals surface area contributed by atoms with Gasteiger partial charge in [-0.05, 0) is 49.9 Å². The topological polar surface area (TPSA) is 40.5 Å². The average molecular weight is 247 g/mol. The third kappa shape index (κ3) is 3.10. The molecule has 0 radical (unpaired) electrons. The first kappa shape index (κ1) is 13.1. The second-order valence-electron chi connectivity index (χ2n) is 5.39. The molecular formula is C15H21NO2. The minimum Gasteiger partial charge on any atom is -0.507 e. The van der Waals surface area contributed by atoms with Crippen molar-refractivity contribution in [2.75, 3.05) is 13.1 Å². The van der Waals surface area contributed by atoms with Gasteiger partial charge in [0.15, 0.2) is 5.78 Å². The van der Waals surface area contributed by atoms with Crippen LogP contribution in [0.2, 0.25) is 0 Å². The van der Waals surface area contributed by atoms with Gasteiger partial charge in [-0.15, -0.1) is 0 Å². The summed E-state index contributed by atoms with van der Waals surface area (Å²) < 4.78 is 0. The predicted molar refractivity (Wildman–Crippen MR) is 71.8 cm³/mol. The van der Waals surface area contributed by atoms with Gasteiger partial charge in [-0.1, -0.05) is 13.0 Å². The number of ketones is 1. The van der Waals surface area contributed by atoms with Crippen LogP contribution in [0, 0.1) is 5.92 Å². The molecule has 1 aromatic rings. The Morgan fingerprint density at radius 3 is 2.94 bits per heavy atom. The first-order valence-corrected chi connectivity index (χ1v) is 6.61. The molecule has 1 heterocycles. The standard InChI is InChI=1S/C15H21NO2/c1-11-4-3-7-16(9-11)10-13-5-6-15(18)14(8-13)12(2)17/h5-6,8,11,18H,3-4,7,9-10H2,1-2H3. The van der Waals surface area contributed by atoms with Crippen LogP contribution < -0.4 is 0 Å². The zero-order valence-corrected chi connectivity index (χ0v) is 11.1. The van der Waals surface area contributed by atoms with Crippen molar-refractivity contribution in [1.82, 2.24) is 4.90 Å². The lowest BCUT2D eigenvalue weighted by Crippen LogP contribution is -2.33. The summed E-state index contributed by atoms with van der Waals surface area (Å²) in [4.78, 5) is 13.8. The van der Waals surface area contributed by atoms with Gasteiger partial charge in [0, 0.05) is 13.1 Å². The quantitative estimate of drug-likeness (QED) is 0.835. The lowest BCUT2D eigenvalue weighted by Gasteiger charge is -2.30. The van der Waals surface area contributed by atoms with Crippen LogP contribution in [-0.4, -0.2) is 28.9 Å². The number of carbonyl (C=O) groups is 1. The summed E-state index contributed by atoms with van der Waals surface area (Å²) in [7, 11) is 0. The van der Waals surface area contributed by atoms with Gasteiger partial charge in [0.1, 0.15) is 5.75 Å². The number of carbonyl (C=O) groups excluding carboxylic acids is 1. The van der Waals surface area contributed by atoms with Crippen molar-refractivity contribution in [1.29, 1.82) is 0 Å². The van der Waals surface area contributed by atoms with E-state index in [0.717, 1.165) is 31.1 Å². The third-order valence-electron chi connectivity index (χ3n) is 3.59. The van der Waals surface area contributed by atoms with Crippen LogP contribution in [0.15, 0.2) is 18.2 Å². The van der Waals surface area contributed by atoms with Crippen molar-refractivity contribution < 1.29 is 9.90 Å². The van der Waals surface area contributed by atoms with E-state index in [9.17, 15) is 9.90 Å². The molecule has 0 spiro atoms. The van der Waals surface area contributed by atoms with E-state index in [0.29, 0.717) is 5.56 Å². The molecule has 0 aromatic heterocycles. The fraction of sp³-hybridized carbons (Fsp3) is 0.533. The van der Waals surface area contributed by atoms with E-state index in [1.165, 1.54) is 19.8 Å². The Morgan fingerprint density at radius 1 is 1.50 bits per heavy atom. The van der Waals surface area contributed by atoms with Gasteiger partial charge in [0.05, 0.1) is 5.56 Å². The van der Waals surface area contributed by atoms with E-state index >= 15 is 0 Å². The second-order valence-corrected chi connectivity index (χ2v) is 5.39. The van der Waals surface area contributed by atoms with E-state index < -0.39 is 0 Å². The minimum atomic E-state index is -0.0821. The molecule has 1 unspecified atom stereocenters. The normalized spacial score (nSPS) is 20.9. The SMILES string of the molecule is CC(=O)c1cc(CN2CCCC(C)C2)ccc1O. The lowest BCUT2D eigenvalue weighted by atomic mass is 9.99. The molecule has 1 aliphatic rings. The molecule has 98 valence electrons. The number of aromatic hydroxyl groups is 1. The van der Waals surface area contributed by atoms with Gasteiger partial charge in [0.25, 0.3) is 0 Å². The third-order valence-corrected chi connectivity index (χ3v) is 3.59. The molecule has 3 nitrogen and oxygen atoms in total. The highest BCUT2D eigenvalue weighted by Gasteiger charge is 2.17. The Kier molecular flexibility index (Phi) is 4.02. The highest BCUT2D eigenvalue weighted by Crippen LogP contribution is 2.22. The summed E-state index contributed by atoms with van der Waals surface area (Å²) in [6.07, 6.45) is 2.56. The molecule has 18 heavy (non-hydrogen) atoms. The number of nitrogens with zero attached hydrogens (tertiary/aromatic N) is 1. The van der Waals surface area contributed by atoms with Gasteiger partial charge in [0.2, 0.25) is 0 Å². The molecular weight excluding hydrogens is 226 g/mol. The summed E-state index contributed by atoms with van der Waals surface area (Å²) in [6, 6.07) is 5.34. The van der Waals surface area contributed by atoms with Gasteiger partial charge in [-0.3, -0.25) is 9.69 Å². The van der Waals surface area contributed by atoms with Crippen molar-refractivity contribution >= 4 is 5.78 Å². The minimum absolute atomic E-state index is 0.0817. The summed E-state index contributed by atoms with van der Waals surface area (Å²) in [5, 5.41) is 9.62. The highest BCUT2D eigenvalue weighted by molar-refractivity contribution is 5.96. The fourth-order valence-electron chi connectivity index (χ4n) is 2.65. The Hall–Kier alpha value is -1.35. The Labute approximate surface area is 108 Å². The van der Waals surface area contributed by atoms with Crippen LogP contribution in [0.4, 0.5) is 0 Å². The Morgan fingerprint density at radius 2 is 2.28 bits per heavy atom. The number of likely N-dealkylation sites (tertiary alicyclic amines) is 1. The highest BCUT2D eigenvalue weighted by atomic mass is 16.3. The molecule has 1 aromatic carbocycles. The smallest absolute Gasteiger partial charge is 0.163 e. The summed E-state index contributed by atoms with van der Waals surface area (Å²) in [5.74, 6) is 0.753. The van der Waals surface area contributed by atoms with Crippen LogP contribution in [0.1, 0.15) is 42.6 Å². The maximum Gasteiger partial charge on any atom is 0.163 e. The van der Waals surface area contributed by atoms with E-state index in [4.69, 9.17) is 0 Å². The molecule has 2 rings (SSSR count). The van der Waals surface area contributed by atoms with E-state index in [1.807, 2.05) is 12.1 Å². The molecule has 3 heteroatoms. The van der Waals surface area contributed by atoms with E-state index in [1.54, 1.807) is 6.07 Å². The van der Waals surface area contributed by atoms with Gasteiger partial charge in [-0.25, -0.2) is 0 Å². The molecule has 1 N–H and O–H groups in total. The average Bonchev–Trinajstić information content (AvgIpc) is 2.31. The molecule has 1 saturated heterocycles. The van der Waals surface area contributed by atoms with Gasteiger partial charge < -0.3 is 5.11 Å². The van der Waals surface area contributed by atoms with Gasteiger partial charge >= 0.3 is 0 Å². The number of Topliss-reactive ketones (excluding diaryl/α,β-unsaturated/α-hetero) is 1. The number of phenols is 1. The van der Waals surface area contributed by atoms with Crippen molar-refractivity contribution in [2.24, 2.45) is 5.92 Å². The number of benzene rings is 1. The number of phenolic OH excluding ortho intramolecular Hbond substituents is 1. The molecule has 0 amide bonds. The zero-order chi connectivity index (χ0) is 13.1.